The monoisotopic (exact) mass is 432 g/mol. The second-order valence-electron chi connectivity index (χ2n) is 7.79. The number of benzene rings is 2. The highest BCUT2D eigenvalue weighted by Gasteiger charge is 2.26. The van der Waals surface area contributed by atoms with E-state index in [1.54, 1.807) is 12.1 Å². The minimum atomic E-state index is -0.409. The van der Waals surface area contributed by atoms with E-state index in [9.17, 15) is 14.9 Å². The third-order valence-electron chi connectivity index (χ3n) is 5.67. The molecule has 0 radical (unpaired) electrons. The van der Waals surface area contributed by atoms with Gasteiger partial charge >= 0.3 is 0 Å². The maximum absolute atomic E-state index is 11.8. The van der Waals surface area contributed by atoms with Crippen LogP contribution < -0.4 is 5.73 Å². The summed E-state index contributed by atoms with van der Waals surface area (Å²) in [6.45, 7) is 3.64. The molecular weight excluding hydrogens is 408 g/mol. The first-order valence-corrected chi connectivity index (χ1v) is 10.4. The Morgan fingerprint density at radius 3 is 2.72 bits per heavy atom. The van der Waals surface area contributed by atoms with E-state index in [2.05, 4.69) is 19.8 Å². The lowest BCUT2D eigenvalue weighted by atomic mass is 10.1. The molecule has 1 aliphatic rings. The Kier molecular flexibility index (Phi) is 6.48. The Labute approximate surface area is 185 Å². The van der Waals surface area contributed by atoms with E-state index < -0.39 is 4.92 Å². The van der Waals surface area contributed by atoms with Crippen LogP contribution in [0.2, 0.25) is 0 Å². The molecule has 1 atom stereocenters. The number of nitro benzene ring substituents is 1. The Morgan fingerprint density at radius 2 is 1.97 bits per heavy atom. The number of hydrogen-bond acceptors (Lipinski definition) is 8. The molecule has 0 spiro atoms. The van der Waals surface area contributed by atoms with Crippen LogP contribution in [0.1, 0.15) is 11.1 Å². The zero-order valence-electron chi connectivity index (χ0n) is 17.5. The van der Waals surface area contributed by atoms with Crippen molar-refractivity contribution >= 4 is 34.8 Å². The molecule has 1 aromatic heterocycles. The maximum atomic E-state index is 11.8. The van der Waals surface area contributed by atoms with E-state index in [0.29, 0.717) is 25.5 Å². The Balaban J connectivity index is 1.34. The molecule has 1 saturated heterocycles. The van der Waals surface area contributed by atoms with Crippen molar-refractivity contribution in [2.75, 3.05) is 31.9 Å². The normalized spacial score (nSPS) is 17.7. The minimum absolute atomic E-state index is 0.0782. The fourth-order valence-electron chi connectivity index (χ4n) is 3.90. The van der Waals surface area contributed by atoms with Crippen LogP contribution in [0.5, 0.6) is 0 Å². The number of rotatable bonds is 7. The Hall–Kier alpha value is -3.69. The van der Waals surface area contributed by atoms with Gasteiger partial charge < -0.3 is 10.5 Å². The van der Waals surface area contributed by atoms with E-state index in [-0.39, 0.29) is 11.7 Å². The molecule has 9 heteroatoms. The smallest absolute Gasteiger partial charge is 0.269 e. The molecule has 0 bridgehead atoms. The van der Waals surface area contributed by atoms with E-state index in [1.165, 1.54) is 18.5 Å². The molecule has 0 amide bonds. The van der Waals surface area contributed by atoms with Crippen LogP contribution in [0, 0.1) is 10.1 Å². The summed E-state index contributed by atoms with van der Waals surface area (Å²) >= 11 is 0. The second kappa shape index (κ2) is 9.63. The van der Waals surface area contributed by atoms with Crippen LogP contribution in [0.4, 0.5) is 11.5 Å². The zero-order chi connectivity index (χ0) is 22.5. The van der Waals surface area contributed by atoms with Gasteiger partial charge in [0.2, 0.25) is 0 Å². The van der Waals surface area contributed by atoms with Gasteiger partial charge in [0, 0.05) is 50.2 Å². The van der Waals surface area contributed by atoms with Crippen molar-refractivity contribution in [3.05, 3.63) is 76.1 Å². The number of aldehydes is 1. The van der Waals surface area contributed by atoms with Crippen LogP contribution in [-0.4, -0.2) is 63.2 Å². The van der Waals surface area contributed by atoms with Gasteiger partial charge in [0.15, 0.2) is 0 Å². The number of nitrogen functional groups attached to an aromatic ring is 1. The molecule has 3 aromatic rings. The molecule has 1 fully saturated rings. The molecule has 164 valence electrons. The van der Waals surface area contributed by atoms with Crippen molar-refractivity contribution < 1.29 is 9.72 Å². The lowest BCUT2D eigenvalue weighted by Gasteiger charge is -2.38. The predicted octanol–water partition coefficient (Wildman–Crippen LogP) is 2.52. The van der Waals surface area contributed by atoms with Crippen LogP contribution >= 0.6 is 0 Å². The largest absolute Gasteiger partial charge is 0.383 e. The average Bonchev–Trinajstić information content (AvgIpc) is 2.80. The van der Waals surface area contributed by atoms with Crippen LogP contribution in [0.25, 0.3) is 17.0 Å². The van der Waals surface area contributed by atoms with Gasteiger partial charge in [-0.05, 0) is 35.4 Å². The van der Waals surface area contributed by atoms with Gasteiger partial charge in [0.1, 0.15) is 18.4 Å². The van der Waals surface area contributed by atoms with Crippen LogP contribution in [-0.2, 0) is 11.3 Å². The molecule has 2 N–H and O–H groups in total. The summed E-state index contributed by atoms with van der Waals surface area (Å²) < 4.78 is 0. The van der Waals surface area contributed by atoms with Crippen LogP contribution in [0.15, 0.2) is 54.9 Å². The van der Waals surface area contributed by atoms with E-state index in [4.69, 9.17) is 5.73 Å². The number of nitrogens with two attached hydrogens (primary N) is 1. The summed E-state index contributed by atoms with van der Waals surface area (Å²) in [6, 6.07) is 12.2. The van der Waals surface area contributed by atoms with Gasteiger partial charge in [0.05, 0.1) is 16.5 Å². The number of hydrogen-bond donors (Lipinski definition) is 1. The SMILES string of the molecule is Nc1ncnc2cc(CN3CCN(CC=Cc4ccc([N+](=O)[O-])cc4)CC3C=O)ccc12. The quantitative estimate of drug-likeness (QED) is 0.344. The van der Waals surface area contributed by atoms with E-state index >= 15 is 0 Å². The van der Waals surface area contributed by atoms with Crippen molar-refractivity contribution in [1.29, 1.82) is 0 Å². The van der Waals surface area contributed by atoms with Gasteiger partial charge in [-0.3, -0.25) is 19.9 Å². The first-order chi connectivity index (χ1) is 15.5. The summed E-state index contributed by atoms with van der Waals surface area (Å²) in [5.74, 6) is 0.461. The van der Waals surface area contributed by atoms with Gasteiger partial charge in [-0.25, -0.2) is 9.97 Å². The Bertz CT molecular complexity index is 1150. The highest BCUT2D eigenvalue weighted by Crippen LogP contribution is 2.20. The number of aromatic nitrogens is 2. The summed E-state index contributed by atoms with van der Waals surface area (Å²) in [7, 11) is 0. The predicted molar refractivity (Wildman–Crippen MR) is 123 cm³/mol. The number of nitrogens with zero attached hydrogens (tertiary/aromatic N) is 5. The molecule has 1 aliphatic heterocycles. The summed E-state index contributed by atoms with van der Waals surface area (Å²) in [4.78, 5) is 34.8. The molecule has 0 aliphatic carbocycles. The number of nitro groups is 1. The fourth-order valence-corrected chi connectivity index (χ4v) is 3.90. The number of piperazine rings is 1. The highest BCUT2D eigenvalue weighted by atomic mass is 16.6. The minimum Gasteiger partial charge on any atom is -0.383 e. The lowest BCUT2D eigenvalue weighted by Crippen LogP contribution is -2.53. The van der Waals surface area contributed by atoms with Gasteiger partial charge in [-0.2, -0.15) is 0 Å². The first kappa shape index (κ1) is 21.5. The van der Waals surface area contributed by atoms with E-state index in [0.717, 1.165) is 41.4 Å². The van der Waals surface area contributed by atoms with Crippen molar-refractivity contribution in [1.82, 2.24) is 19.8 Å². The third-order valence-corrected chi connectivity index (χ3v) is 5.67. The number of carbonyl (C=O) groups excluding carboxylic acids is 1. The summed E-state index contributed by atoms with van der Waals surface area (Å²) in [5.41, 5.74) is 8.76. The molecule has 2 aromatic carbocycles. The van der Waals surface area contributed by atoms with Gasteiger partial charge in [0.25, 0.3) is 5.69 Å². The topological polar surface area (TPSA) is 118 Å². The maximum Gasteiger partial charge on any atom is 0.269 e. The van der Waals surface area contributed by atoms with Crippen molar-refractivity contribution in [2.24, 2.45) is 0 Å². The first-order valence-electron chi connectivity index (χ1n) is 10.4. The molecule has 0 saturated carbocycles. The summed E-state index contributed by atoms with van der Waals surface area (Å²) in [6.07, 6.45) is 6.42. The van der Waals surface area contributed by atoms with Crippen molar-refractivity contribution in [3.63, 3.8) is 0 Å². The molecule has 4 rings (SSSR count). The number of carbonyl (C=O) groups is 1. The summed E-state index contributed by atoms with van der Waals surface area (Å²) in [5, 5.41) is 11.6. The fraction of sp³-hybridized carbons (Fsp3) is 0.261. The average molecular weight is 432 g/mol. The molecular formula is C23H24N6O3. The van der Waals surface area contributed by atoms with Gasteiger partial charge in [-0.15, -0.1) is 0 Å². The molecule has 1 unspecified atom stereocenters. The third kappa shape index (κ3) is 4.96. The number of anilines is 1. The van der Waals surface area contributed by atoms with E-state index in [1.807, 2.05) is 30.4 Å². The van der Waals surface area contributed by atoms with Crippen LogP contribution in [0.3, 0.4) is 0 Å². The zero-order valence-corrected chi connectivity index (χ0v) is 17.5. The number of non-ortho nitro benzene ring substituents is 1. The lowest BCUT2D eigenvalue weighted by molar-refractivity contribution is -0.384. The van der Waals surface area contributed by atoms with Gasteiger partial charge in [-0.1, -0.05) is 18.2 Å². The van der Waals surface area contributed by atoms with Crippen molar-refractivity contribution in [3.8, 4) is 0 Å². The molecule has 2 heterocycles. The number of fused-ring (bicyclic) bond motifs is 1. The standard InChI is InChI=1S/C23H24N6O3/c24-23-21-8-5-18(12-22(21)25-16-26-23)13-28-11-10-27(14-20(28)15-30)9-1-2-17-3-6-19(7-4-17)29(31)32/h1-8,12,15-16,20H,9-11,13-14H2,(H2,24,25,26). The Morgan fingerprint density at radius 1 is 1.16 bits per heavy atom. The van der Waals surface area contributed by atoms with Crippen molar-refractivity contribution in [2.45, 2.75) is 12.6 Å². The second-order valence-corrected chi connectivity index (χ2v) is 7.79. The highest BCUT2D eigenvalue weighted by molar-refractivity contribution is 5.88. The molecule has 32 heavy (non-hydrogen) atoms. The molecule has 9 nitrogen and oxygen atoms in total.